The number of fused-ring (bicyclic) bond motifs is 1. The molecular weight excluding hydrogens is 249 g/mol. The number of rotatable bonds is 4. The van der Waals surface area contributed by atoms with Crippen molar-refractivity contribution >= 4 is 16.8 Å². The summed E-state index contributed by atoms with van der Waals surface area (Å²) < 4.78 is 45.3. The van der Waals surface area contributed by atoms with E-state index < -0.39 is 12.8 Å². The molecule has 1 aromatic heterocycles. The Bertz CT molecular complexity index is 537. The molecule has 1 heterocycles. The lowest BCUT2D eigenvalue weighted by molar-refractivity contribution is -0.173. The molecule has 0 spiro atoms. The van der Waals surface area contributed by atoms with Gasteiger partial charge in [-0.2, -0.15) is 13.2 Å². The van der Waals surface area contributed by atoms with Crippen LogP contribution >= 0.6 is 0 Å². The summed E-state index contributed by atoms with van der Waals surface area (Å²) >= 11 is 0. The zero-order valence-corrected chi connectivity index (χ0v) is 9.33. The standard InChI is InChI=1S/C11H11F3N2O2/c12-11(13,14)6-17-5-4-9-16-10-7(15)2-1-3-8(10)18-9/h1-3H,4-6,15H2. The minimum atomic E-state index is -4.31. The van der Waals surface area contributed by atoms with Crippen molar-refractivity contribution in [3.8, 4) is 0 Å². The third kappa shape index (κ3) is 3.13. The van der Waals surface area contributed by atoms with Gasteiger partial charge in [-0.05, 0) is 12.1 Å². The van der Waals surface area contributed by atoms with Crippen molar-refractivity contribution < 1.29 is 22.3 Å². The zero-order valence-electron chi connectivity index (χ0n) is 9.33. The van der Waals surface area contributed by atoms with E-state index in [0.717, 1.165) is 0 Å². The fraction of sp³-hybridized carbons (Fsp3) is 0.364. The van der Waals surface area contributed by atoms with E-state index in [1.165, 1.54) is 0 Å². The van der Waals surface area contributed by atoms with E-state index >= 15 is 0 Å². The molecule has 2 rings (SSSR count). The maximum absolute atomic E-state index is 11.8. The van der Waals surface area contributed by atoms with Gasteiger partial charge in [-0.1, -0.05) is 6.07 Å². The number of hydrogen-bond donors (Lipinski definition) is 1. The van der Waals surface area contributed by atoms with Gasteiger partial charge in [0.2, 0.25) is 0 Å². The Kier molecular flexibility index (Phi) is 3.42. The number of hydrogen-bond acceptors (Lipinski definition) is 4. The Labute approximate surface area is 101 Å². The number of aromatic nitrogens is 1. The minimum Gasteiger partial charge on any atom is -0.441 e. The van der Waals surface area contributed by atoms with Crippen LogP contribution in [0.25, 0.3) is 11.1 Å². The monoisotopic (exact) mass is 260 g/mol. The molecule has 2 aromatic rings. The molecule has 0 aliphatic heterocycles. The molecule has 18 heavy (non-hydrogen) atoms. The van der Waals surface area contributed by atoms with Gasteiger partial charge in [0.05, 0.1) is 12.3 Å². The number of ether oxygens (including phenoxy) is 1. The molecule has 4 nitrogen and oxygen atoms in total. The average Bonchev–Trinajstić information content (AvgIpc) is 2.68. The first-order valence-electron chi connectivity index (χ1n) is 5.24. The quantitative estimate of drug-likeness (QED) is 0.677. The van der Waals surface area contributed by atoms with Crippen LogP contribution in [0.4, 0.5) is 18.9 Å². The highest BCUT2D eigenvalue weighted by molar-refractivity contribution is 5.85. The topological polar surface area (TPSA) is 61.3 Å². The average molecular weight is 260 g/mol. The van der Waals surface area contributed by atoms with E-state index in [1.54, 1.807) is 18.2 Å². The second-order valence-electron chi connectivity index (χ2n) is 3.72. The van der Waals surface area contributed by atoms with E-state index in [-0.39, 0.29) is 13.0 Å². The SMILES string of the molecule is Nc1cccc2oc(CCOCC(F)(F)F)nc12. The van der Waals surface area contributed by atoms with Gasteiger partial charge >= 0.3 is 6.18 Å². The summed E-state index contributed by atoms with van der Waals surface area (Å²) in [6.45, 7) is -1.37. The fourth-order valence-corrected chi connectivity index (χ4v) is 1.47. The number of anilines is 1. The second kappa shape index (κ2) is 4.85. The van der Waals surface area contributed by atoms with Crippen molar-refractivity contribution in [2.75, 3.05) is 18.9 Å². The number of oxazole rings is 1. The second-order valence-corrected chi connectivity index (χ2v) is 3.72. The molecular formula is C11H11F3N2O2. The first-order valence-corrected chi connectivity index (χ1v) is 5.24. The van der Waals surface area contributed by atoms with Crippen LogP contribution < -0.4 is 5.73 Å². The summed E-state index contributed by atoms with van der Waals surface area (Å²) in [5.41, 5.74) is 7.18. The van der Waals surface area contributed by atoms with Gasteiger partial charge in [-0.3, -0.25) is 0 Å². The van der Waals surface area contributed by atoms with Crippen LogP contribution in [0, 0.1) is 0 Å². The largest absolute Gasteiger partial charge is 0.441 e. The Balaban J connectivity index is 1.94. The van der Waals surface area contributed by atoms with Crippen LogP contribution in [0.15, 0.2) is 22.6 Å². The molecule has 2 N–H and O–H groups in total. The van der Waals surface area contributed by atoms with Crippen molar-refractivity contribution in [1.82, 2.24) is 4.98 Å². The predicted molar refractivity (Wildman–Crippen MR) is 59.0 cm³/mol. The number of para-hydroxylation sites is 1. The van der Waals surface area contributed by atoms with E-state index in [2.05, 4.69) is 9.72 Å². The molecule has 7 heteroatoms. The van der Waals surface area contributed by atoms with Gasteiger partial charge in [0.1, 0.15) is 12.1 Å². The summed E-state index contributed by atoms with van der Waals surface area (Å²) in [4.78, 5) is 4.09. The van der Waals surface area contributed by atoms with Crippen LogP contribution in [0.1, 0.15) is 5.89 Å². The molecule has 0 aliphatic carbocycles. The van der Waals surface area contributed by atoms with E-state index in [9.17, 15) is 13.2 Å². The van der Waals surface area contributed by atoms with Crippen LogP contribution in [-0.4, -0.2) is 24.4 Å². The van der Waals surface area contributed by atoms with Gasteiger partial charge in [0.15, 0.2) is 11.5 Å². The Morgan fingerprint density at radius 2 is 2.11 bits per heavy atom. The normalized spacial score (nSPS) is 12.2. The van der Waals surface area contributed by atoms with E-state index in [4.69, 9.17) is 10.2 Å². The molecule has 0 saturated carbocycles. The minimum absolute atomic E-state index is 0.105. The maximum atomic E-state index is 11.8. The molecule has 0 unspecified atom stereocenters. The first kappa shape index (κ1) is 12.7. The maximum Gasteiger partial charge on any atom is 0.411 e. The number of halogens is 3. The summed E-state index contributed by atoms with van der Waals surface area (Å²) in [6, 6.07) is 5.08. The molecule has 0 aliphatic rings. The number of alkyl halides is 3. The smallest absolute Gasteiger partial charge is 0.411 e. The lowest BCUT2D eigenvalue weighted by Gasteiger charge is -2.05. The van der Waals surface area contributed by atoms with Gasteiger partial charge < -0.3 is 14.9 Å². The molecule has 0 amide bonds. The zero-order chi connectivity index (χ0) is 13.2. The molecule has 0 atom stereocenters. The first-order chi connectivity index (χ1) is 8.46. The van der Waals surface area contributed by atoms with E-state index in [1.807, 2.05) is 0 Å². The van der Waals surface area contributed by atoms with Crippen LogP contribution in [0.3, 0.4) is 0 Å². The van der Waals surface area contributed by atoms with Gasteiger partial charge in [-0.25, -0.2) is 4.98 Å². The number of benzene rings is 1. The Hall–Kier alpha value is -1.76. The number of nitrogen functional groups attached to an aromatic ring is 1. The molecule has 0 bridgehead atoms. The molecule has 98 valence electrons. The van der Waals surface area contributed by atoms with E-state index in [0.29, 0.717) is 22.7 Å². The predicted octanol–water partition coefficient (Wildman–Crippen LogP) is 2.53. The van der Waals surface area contributed by atoms with Crippen molar-refractivity contribution in [1.29, 1.82) is 0 Å². The molecule has 0 saturated heterocycles. The number of nitrogens with two attached hydrogens (primary N) is 1. The highest BCUT2D eigenvalue weighted by atomic mass is 19.4. The number of nitrogens with zero attached hydrogens (tertiary/aromatic N) is 1. The van der Waals surface area contributed by atoms with Crippen molar-refractivity contribution in [3.05, 3.63) is 24.1 Å². The van der Waals surface area contributed by atoms with Gasteiger partial charge in [0, 0.05) is 6.42 Å². The van der Waals surface area contributed by atoms with Crippen LogP contribution in [-0.2, 0) is 11.2 Å². The van der Waals surface area contributed by atoms with Gasteiger partial charge in [0.25, 0.3) is 0 Å². The van der Waals surface area contributed by atoms with Crippen molar-refractivity contribution in [3.63, 3.8) is 0 Å². The van der Waals surface area contributed by atoms with Crippen LogP contribution in [0.5, 0.6) is 0 Å². The summed E-state index contributed by atoms with van der Waals surface area (Å²) in [7, 11) is 0. The summed E-state index contributed by atoms with van der Waals surface area (Å²) in [5.74, 6) is 0.310. The van der Waals surface area contributed by atoms with Crippen molar-refractivity contribution in [2.45, 2.75) is 12.6 Å². The third-order valence-corrected chi connectivity index (χ3v) is 2.22. The third-order valence-electron chi connectivity index (χ3n) is 2.22. The highest BCUT2D eigenvalue weighted by Crippen LogP contribution is 2.21. The lowest BCUT2D eigenvalue weighted by atomic mass is 10.3. The Morgan fingerprint density at radius 3 is 2.78 bits per heavy atom. The summed E-state index contributed by atoms with van der Waals surface area (Å²) in [5, 5.41) is 0. The highest BCUT2D eigenvalue weighted by Gasteiger charge is 2.27. The molecule has 1 aromatic carbocycles. The molecule has 0 fully saturated rings. The van der Waals surface area contributed by atoms with Crippen molar-refractivity contribution in [2.24, 2.45) is 0 Å². The Morgan fingerprint density at radius 1 is 1.33 bits per heavy atom. The summed E-state index contributed by atoms with van der Waals surface area (Å²) in [6.07, 6.45) is -4.14. The van der Waals surface area contributed by atoms with Crippen LogP contribution in [0.2, 0.25) is 0 Å². The van der Waals surface area contributed by atoms with Gasteiger partial charge in [-0.15, -0.1) is 0 Å². The lowest BCUT2D eigenvalue weighted by Crippen LogP contribution is -2.17. The molecule has 0 radical (unpaired) electrons. The fourth-order valence-electron chi connectivity index (χ4n) is 1.47.